The molecule has 0 N–H and O–H groups in total. The van der Waals surface area contributed by atoms with Crippen molar-refractivity contribution in [3.8, 4) is 0 Å². The minimum absolute atomic E-state index is 0. The van der Waals surface area contributed by atoms with Crippen LogP contribution in [-0.4, -0.2) is 48.8 Å². The summed E-state index contributed by atoms with van der Waals surface area (Å²) in [5.41, 5.74) is 1.39. The SMILES string of the molecule is CN1CN(C)CN(Cc2ccccc2)C1.[Cl-].[Cl-].[Cl-].[Cr+3]. The Balaban J connectivity index is -0.000000640. The van der Waals surface area contributed by atoms with Crippen molar-refractivity contribution in [2.45, 2.75) is 6.54 Å². The van der Waals surface area contributed by atoms with E-state index in [2.05, 4.69) is 59.1 Å². The van der Waals surface area contributed by atoms with E-state index in [0.717, 1.165) is 26.6 Å². The van der Waals surface area contributed by atoms with Crippen LogP contribution < -0.4 is 37.2 Å². The average Bonchev–Trinajstić information content (AvgIpc) is 2.17. The van der Waals surface area contributed by atoms with Crippen molar-refractivity contribution < 1.29 is 54.6 Å². The number of hydrogen-bond donors (Lipinski definition) is 0. The van der Waals surface area contributed by atoms with E-state index in [0.29, 0.717) is 0 Å². The van der Waals surface area contributed by atoms with Gasteiger partial charge in [0, 0.05) is 6.54 Å². The molecular weight excluding hydrogens is 345 g/mol. The van der Waals surface area contributed by atoms with Crippen molar-refractivity contribution in [3.05, 3.63) is 35.9 Å². The standard InChI is InChI=1S/C12H19N3.3ClH.Cr/c1-13-9-14(2)11-15(10-13)8-12-6-4-3-5-7-12;;;;/h3-7H,8-11H2,1-2H3;3*1H;/q;;;;+3/p-3. The summed E-state index contributed by atoms with van der Waals surface area (Å²) in [6.45, 7) is 4.21. The van der Waals surface area contributed by atoms with Gasteiger partial charge in [0.1, 0.15) is 0 Å². The first-order valence-corrected chi connectivity index (χ1v) is 5.37. The predicted octanol–water partition coefficient (Wildman–Crippen LogP) is -7.75. The van der Waals surface area contributed by atoms with Gasteiger partial charge in [0.05, 0.1) is 20.0 Å². The van der Waals surface area contributed by atoms with Crippen molar-refractivity contribution in [1.82, 2.24) is 14.7 Å². The van der Waals surface area contributed by atoms with Crippen LogP contribution in [0.3, 0.4) is 0 Å². The molecule has 0 amide bonds. The molecule has 1 aromatic rings. The summed E-state index contributed by atoms with van der Waals surface area (Å²) in [4.78, 5) is 7.09. The molecule has 1 radical (unpaired) electrons. The molecule has 1 aliphatic heterocycles. The summed E-state index contributed by atoms with van der Waals surface area (Å²) in [7, 11) is 4.32. The molecule has 19 heavy (non-hydrogen) atoms. The number of nitrogens with zero attached hydrogens (tertiary/aromatic N) is 3. The Bertz CT molecular complexity index is 306. The van der Waals surface area contributed by atoms with Gasteiger partial charge in [-0.3, -0.25) is 14.7 Å². The first-order valence-electron chi connectivity index (χ1n) is 5.37. The minimum Gasteiger partial charge on any atom is -1.00 e. The maximum Gasteiger partial charge on any atom is 3.00 e. The number of rotatable bonds is 2. The van der Waals surface area contributed by atoms with E-state index in [4.69, 9.17) is 0 Å². The largest absolute Gasteiger partial charge is 3.00 e. The van der Waals surface area contributed by atoms with Gasteiger partial charge in [-0.2, -0.15) is 0 Å². The molecule has 0 aliphatic carbocycles. The van der Waals surface area contributed by atoms with Crippen LogP contribution in [0.2, 0.25) is 0 Å². The Kier molecular flexibility index (Phi) is 15.8. The zero-order chi connectivity index (χ0) is 10.7. The van der Waals surface area contributed by atoms with Gasteiger partial charge in [-0.25, -0.2) is 0 Å². The Morgan fingerprint density at radius 1 is 0.842 bits per heavy atom. The summed E-state index contributed by atoms with van der Waals surface area (Å²) in [5, 5.41) is 0. The van der Waals surface area contributed by atoms with E-state index < -0.39 is 0 Å². The Morgan fingerprint density at radius 2 is 1.32 bits per heavy atom. The van der Waals surface area contributed by atoms with Crippen molar-refractivity contribution in [2.24, 2.45) is 0 Å². The van der Waals surface area contributed by atoms with Crippen molar-refractivity contribution in [2.75, 3.05) is 34.1 Å². The van der Waals surface area contributed by atoms with Gasteiger partial charge in [0.2, 0.25) is 0 Å². The third-order valence-electron chi connectivity index (χ3n) is 2.61. The van der Waals surface area contributed by atoms with Crippen molar-refractivity contribution in [1.29, 1.82) is 0 Å². The van der Waals surface area contributed by atoms with Crippen LogP contribution in [0, 0.1) is 0 Å². The number of halogens is 3. The Labute approximate surface area is 145 Å². The van der Waals surface area contributed by atoms with Gasteiger partial charge < -0.3 is 37.2 Å². The molecule has 1 aliphatic rings. The van der Waals surface area contributed by atoms with Gasteiger partial charge in [-0.05, 0) is 19.7 Å². The van der Waals surface area contributed by atoms with E-state index >= 15 is 0 Å². The van der Waals surface area contributed by atoms with E-state index in [1.165, 1.54) is 5.56 Å². The molecule has 0 saturated carbocycles. The molecule has 1 aromatic carbocycles. The average molecular weight is 364 g/mol. The maximum absolute atomic E-state index is 2.44. The molecule has 109 valence electrons. The normalized spacial score (nSPS) is 16.3. The molecule has 7 heteroatoms. The zero-order valence-electron chi connectivity index (χ0n) is 11.1. The molecule has 0 bridgehead atoms. The third-order valence-corrected chi connectivity index (χ3v) is 2.61. The zero-order valence-corrected chi connectivity index (χ0v) is 14.6. The molecule has 0 aromatic heterocycles. The predicted molar refractivity (Wildman–Crippen MR) is 62.1 cm³/mol. The smallest absolute Gasteiger partial charge is 1.00 e. The second-order valence-corrected chi connectivity index (χ2v) is 4.45. The topological polar surface area (TPSA) is 9.72 Å². The summed E-state index contributed by atoms with van der Waals surface area (Å²) in [5.74, 6) is 0. The van der Waals surface area contributed by atoms with Crippen LogP contribution in [0.15, 0.2) is 30.3 Å². The molecule has 0 unspecified atom stereocenters. The summed E-state index contributed by atoms with van der Waals surface area (Å²) >= 11 is 0. The van der Waals surface area contributed by atoms with Gasteiger partial charge in [0.25, 0.3) is 0 Å². The van der Waals surface area contributed by atoms with Crippen LogP contribution in [0.25, 0.3) is 0 Å². The fourth-order valence-electron chi connectivity index (χ4n) is 2.17. The molecule has 3 nitrogen and oxygen atoms in total. The fraction of sp³-hybridized carbons (Fsp3) is 0.500. The van der Waals surface area contributed by atoms with Crippen molar-refractivity contribution >= 4 is 0 Å². The van der Waals surface area contributed by atoms with E-state index in [1.54, 1.807) is 0 Å². The Morgan fingerprint density at radius 3 is 1.79 bits per heavy atom. The molecular formula is C12H19Cl3CrN3. The minimum atomic E-state index is 0. The summed E-state index contributed by atoms with van der Waals surface area (Å²) < 4.78 is 0. The Hall–Kier alpha value is 0.502. The quantitative estimate of drug-likeness (QED) is 0.517. The van der Waals surface area contributed by atoms with Crippen molar-refractivity contribution in [3.63, 3.8) is 0 Å². The molecule has 0 atom stereocenters. The molecule has 1 fully saturated rings. The maximum atomic E-state index is 2.44. The van der Waals surface area contributed by atoms with Gasteiger partial charge in [-0.1, -0.05) is 30.3 Å². The van der Waals surface area contributed by atoms with Crippen LogP contribution in [0.1, 0.15) is 5.56 Å². The number of hydrogen-bond acceptors (Lipinski definition) is 3. The number of benzene rings is 1. The molecule has 0 spiro atoms. The van der Waals surface area contributed by atoms with Crippen LogP contribution >= 0.6 is 0 Å². The summed E-state index contributed by atoms with van der Waals surface area (Å²) in [6, 6.07) is 10.7. The van der Waals surface area contributed by atoms with E-state index in [-0.39, 0.29) is 54.6 Å². The first kappa shape index (κ1) is 24.5. The van der Waals surface area contributed by atoms with E-state index in [1.807, 2.05) is 0 Å². The molecule has 1 heterocycles. The fourth-order valence-corrected chi connectivity index (χ4v) is 2.17. The second kappa shape index (κ2) is 12.3. The van der Waals surface area contributed by atoms with Gasteiger partial charge >= 0.3 is 17.4 Å². The van der Waals surface area contributed by atoms with Gasteiger partial charge in [0.15, 0.2) is 0 Å². The van der Waals surface area contributed by atoms with Crippen LogP contribution in [-0.2, 0) is 23.9 Å². The van der Waals surface area contributed by atoms with Gasteiger partial charge in [-0.15, -0.1) is 0 Å². The summed E-state index contributed by atoms with van der Waals surface area (Å²) in [6.07, 6.45) is 0. The first-order chi connectivity index (χ1) is 7.24. The monoisotopic (exact) mass is 362 g/mol. The molecule has 2 rings (SSSR count). The second-order valence-electron chi connectivity index (χ2n) is 4.45. The van der Waals surface area contributed by atoms with Crippen LogP contribution in [0.4, 0.5) is 0 Å². The third kappa shape index (κ3) is 8.39. The van der Waals surface area contributed by atoms with E-state index in [9.17, 15) is 0 Å². The molecule has 1 saturated heterocycles. The van der Waals surface area contributed by atoms with Crippen LogP contribution in [0.5, 0.6) is 0 Å².